The second kappa shape index (κ2) is 8.95. The standard InChI is InChI=1S/C10H21ClN2O2/c1-3-13(6-7-14)9(2)8-12-10(15)4-5-11/h9,14H,3-8H2,1-2H3,(H,12,15). The van der Waals surface area contributed by atoms with Gasteiger partial charge in [-0.15, -0.1) is 11.6 Å². The summed E-state index contributed by atoms with van der Waals surface area (Å²) >= 11 is 5.45. The van der Waals surface area contributed by atoms with E-state index in [1.165, 1.54) is 0 Å². The van der Waals surface area contributed by atoms with Gasteiger partial charge in [0.2, 0.25) is 5.91 Å². The molecular formula is C10H21ClN2O2. The van der Waals surface area contributed by atoms with Gasteiger partial charge in [0.15, 0.2) is 0 Å². The maximum absolute atomic E-state index is 11.2. The molecule has 0 aliphatic heterocycles. The highest BCUT2D eigenvalue weighted by molar-refractivity contribution is 6.18. The van der Waals surface area contributed by atoms with Gasteiger partial charge in [-0.05, 0) is 13.5 Å². The van der Waals surface area contributed by atoms with Crippen LogP contribution < -0.4 is 5.32 Å². The Bertz CT molecular complexity index is 179. The summed E-state index contributed by atoms with van der Waals surface area (Å²) in [5.74, 6) is 0.339. The SMILES string of the molecule is CCN(CCO)C(C)CNC(=O)CCCl. The Kier molecular flexibility index (Phi) is 8.76. The van der Waals surface area contributed by atoms with E-state index in [4.69, 9.17) is 16.7 Å². The Morgan fingerprint density at radius 1 is 1.60 bits per heavy atom. The topological polar surface area (TPSA) is 52.6 Å². The van der Waals surface area contributed by atoms with E-state index in [-0.39, 0.29) is 18.6 Å². The minimum Gasteiger partial charge on any atom is -0.395 e. The number of amides is 1. The van der Waals surface area contributed by atoms with E-state index in [2.05, 4.69) is 10.2 Å². The second-order valence-electron chi connectivity index (χ2n) is 3.44. The van der Waals surface area contributed by atoms with Crippen molar-refractivity contribution in [1.82, 2.24) is 10.2 Å². The highest BCUT2D eigenvalue weighted by Gasteiger charge is 2.11. The quantitative estimate of drug-likeness (QED) is 0.602. The maximum atomic E-state index is 11.2. The predicted molar refractivity (Wildman–Crippen MR) is 62.1 cm³/mol. The normalized spacial score (nSPS) is 12.9. The number of likely N-dealkylation sites (N-methyl/N-ethyl adjacent to an activating group) is 1. The van der Waals surface area contributed by atoms with Crippen LogP contribution in [0.4, 0.5) is 0 Å². The lowest BCUT2D eigenvalue weighted by atomic mass is 10.2. The van der Waals surface area contributed by atoms with Crippen LogP contribution >= 0.6 is 11.6 Å². The number of carbonyl (C=O) groups is 1. The Morgan fingerprint density at radius 2 is 2.27 bits per heavy atom. The van der Waals surface area contributed by atoms with Gasteiger partial charge in [-0.3, -0.25) is 9.69 Å². The maximum Gasteiger partial charge on any atom is 0.221 e. The highest BCUT2D eigenvalue weighted by atomic mass is 35.5. The Hall–Kier alpha value is -0.320. The molecule has 0 rings (SSSR count). The third kappa shape index (κ3) is 6.71. The fourth-order valence-electron chi connectivity index (χ4n) is 1.38. The van der Waals surface area contributed by atoms with Gasteiger partial charge in [-0.1, -0.05) is 6.92 Å². The smallest absolute Gasteiger partial charge is 0.221 e. The molecule has 90 valence electrons. The number of rotatable bonds is 8. The number of halogens is 1. The number of aliphatic hydroxyl groups excluding tert-OH is 1. The Labute approximate surface area is 96.6 Å². The lowest BCUT2D eigenvalue weighted by Gasteiger charge is -2.27. The molecule has 1 unspecified atom stereocenters. The lowest BCUT2D eigenvalue weighted by Crippen LogP contribution is -2.43. The van der Waals surface area contributed by atoms with E-state index >= 15 is 0 Å². The molecule has 4 nitrogen and oxygen atoms in total. The van der Waals surface area contributed by atoms with Gasteiger partial charge in [-0.2, -0.15) is 0 Å². The van der Waals surface area contributed by atoms with E-state index in [0.29, 0.717) is 25.4 Å². The van der Waals surface area contributed by atoms with Gasteiger partial charge in [0, 0.05) is 31.4 Å². The molecule has 1 amide bonds. The van der Waals surface area contributed by atoms with Crippen molar-refractivity contribution < 1.29 is 9.90 Å². The third-order valence-electron chi connectivity index (χ3n) is 2.33. The molecular weight excluding hydrogens is 216 g/mol. The number of hydrogen-bond donors (Lipinski definition) is 2. The molecule has 2 N–H and O–H groups in total. The van der Waals surface area contributed by atoms with Gasteiger partial charge >= 0.3 is 0 Å². The van der Waals surface area contributed by atoms with Crippen molar-refractivity contribution in [2.24, 2.45) is 0 Å². The highest BCUT2D eigenvalue weighted by Crippen LogP contribution is 1.97. The van der Waals surface area contributed by atoms with Crippen molar-refractivity contribution in [2.45, 2.75) is 26.3 Å². The number of aliphatic hydroxyl groups is 1. The number of alkyl halides is 1. The van der Waals surface area contributed by atoms with Crippen molar-refractivity contribution >= 4 is 17.5 Å². The van der Waals surface area contributed by atoms with Crippen LogP contribution in [0.3, 0.4) is 0 Å². The third-order valence-corrected chi connectivity index (χ3v) is 2.52. The van der Waals surface area contributed by atoms with Gasteiger partial charge < -0.3 is 10.4 Å². The Balaban J connectivity index is 3.79. The first-order valence-corrected chi connectivity index (χ1v) is 5.86. The van der Waals surface area contributed by atoms with Gasteiger partial charge in [0.25, 0.3) is 0 Å². The van der Waals surface area contributed by atoms with Crippen molar-refractivity contribution in [3.63, 3.8) is 0 Å². The molecule has 0 fully saturated rings. The molecule has 5 heteroatoms. The van der Waals surface area contributed by atoms with Crippen molar-refractivity contribution in [2.75, 3.05) is 32.1 Å². The summed E-state index contributed by atoms with van der Waals surface area (Å²) in [6.07, 6.45) is 0.362. The molecule has 0 radical (unpaired) electrons. The number of carbonyl (C=O) groups excluding carboxylic acids is 1. The van der Waals surface area contributed by atoms with E-state index in [9.17, 15) is 4.79 Å². The van der Waals surface area contributed by atoms with Crippen LogP contribution in [0.25, 0.3) is 0 Å². The van der Waals surface area contributed by atoms with Crippen LogP contribution in [0, 0.1) is 0 Å². The average molecular weight is 237 g/mol. The summed E-state index contributed by atoms with van der Waals surface area (Å²) < 4.78 is 0. The zero-order valence-corrected chi connectivity index (χ0v) is 10.3. The summed E-state index contributed by atoms with van der Waals surface area (Å²) in [5.41, 5.74) is 0. The fourth-order valence-corrected chi connectivity index (χ4v) is 1.56. The summed E-state index contributed by atoms with van der Waals surface area (Å²) in [6.45, 7) is 6.32. The van der Waals surface area contributed by atoms with Crippen molar-refractivity contribution in [1.29, 1.82) is 0 Å². The van der Waals surface area contributed by atoms with Gasteiger partial charge in [0.05, 0.1) is 6.61 Å². The van der Waals surface area contributed by atoms with Gasteiger partial charge in [-0.25, -0.2) is 0 Å². The van der Waals surface area contributed by atoms with Crippen LogP contribution in [0.15, 0.2) is 0 Å². The molecule has 0 heterocycles. The summed E-state index contributed by atoms with van der Waals surface area (Å²) in [7, 11) is 0. The minimum atomic E-state index is -0.0168. The Morgan fingerprint density at radius 3 is 2.73 bits per heavy atom. The molecule has 1 atom stereocenters. The van der Waals surface area contributed by atoms with Crippen LogP contribution in [-0.4, -0.2) is 54.1 Å². The van der Waals surface area contributed by atoms with Gasteiger partial charge in [0.1, 0.15) is 0 Å². The summed E-state index contributed by atoms with van der Waals surface area (Å²) in [5, 5.41) is 11.6. The first kappa shape index (κ1) is 14.7. The fraction of sp³-hybridized carbons (Fsp3) is 0.900. The summed E-state index contributed by atoms with van der Waals surface area (Å²) in [6, 6.07) is 0.237. The monoisotopic (exact) mass is 236 g/mol. The first-order valence-electron chi connectivity index (χ1n) is 5.33. The molecule has 0 spiro atoms. The molecule has 0 aliphatic carbocycles. The molecule has 0 aromatic rings. The zero-order chi connectivity index (χ0) is 11.7. The zero-order valence-electron chi connectivity index (χ0n) is 9.50. The molecule has 0 aliphatic rings. The molecule has 0 aromatic carbocycles. The largest absolute Gasteiger partial charge is 0.395 e. The van der Waals surface area contributed by atoms with Crippen LogP contribution in [0.2, 0.25) is 0 Å². The van der Waals surface area contributed by atoms with E-state index in [1.54, 1.807) is 0 Å². The molecule has 0 saturated heterocycles. The lowest BCUT2D eigenvalue weighted by molar-refractivity contribution is -0.120. The minimum absolute atomic E-state index is 0.0168. The van der Waals surface area contributed by atoms with E-state index in [0.717, 1.165) is 6.54 Å². The second-order valence-corrected chi connectivity index (χ2v) is 3.82. The molecule has 0 bridgehead atoms. The van der Waals surface area contributed by atoms with Crippen LogP contribution in [0.1, 0.15) is 20.3 Å². The van der Waals surface area contributed by atoms with Crippen LogP contribution in [-0.2, 0) is 4.79 Å². The number of nitrogens with one attached hydrogen (secondary N) is 1. The van der Waals surface area contributed by atoms with Crippen molar-refractivity contribution in [3.05, 3.63) is 0 Å². The molecule has 15 heavy (non-hydrogen) atoms. The van der Waals surface area contributed by atoms with E-state index < -0.39 is 0 Å². The predicted octanol–water partition coefficient (Wildman–Crippen LogP) is 0.434. The molecule has 0 aromatic heterocycles. The number of nitrogens with zero attached hydrogens (tertiary/aromatic N) is 1. The first-order chi connectivity index (χ1) is 7.15. The molecule has 0 saturated carbocycles. The number of hydrogen-bond acceptors (Lipinski definition) is 3. The average Bonchev–Trinajstić information content (AvgIpc) is 2.23. The van der Waals surface area contributed by atoms with Crippen molar-refractivity contribution in [3.8, 4) is 0 Å². The van der Waals surface area contributed by atoms with E-state index in [1.807, 2.05) is 13.8 Å². The van der Waals surface area contributed by atoms with Crippen LogP contribution in [0.5, 0.6) is 0 Å². The summed E-state index contributed by atoms with van der Waals surface area (Å²) in [4.78, 5) is 13.3.